The van der Waals surface area contributed by atoms with Crippen molar-refractivity contribution in [2.24, 2.45) is 0 Å². The van der Waals surface area contributed by atoms with Crippen LogP contribution in [0.3, 0.4) is 0 Å². The molecule has 1 fully saturated rings. The largest absolute Gasteiger partial charge is 0.356 e. The second-order valence-electron chi connectivity index (χ2n) is 4.41. The van der Waals surface area contributed by atoms with E-state index in [4.69, 9.17) is 4.74 Å². The van der Waals surface area contributed by atoms with E-state index in [0.29, 0.717) is 19.6 Å². The summed E-state index contributed by atoms with van der Waals surface area (Å²) in [5.41, 5.74) is 0.898. The van der Waals surface area contributed by atoms with Gasteiger partial charge in [0.05, 0.1) is 12.4 Å². The average Bonchev–Trinajstić information content (AvgIpc) is 2.87. The molecule has 0 N–H and O–H groups in total. The Hall–Kier alpha value is -0.910. The Morgan fingerprint density at radius 3 is 2.72 bits per heavy atom. The highest BCUT2D eigenvalue weighted by molar-refractivity contribution is 7.89. The van der Waals surface area contributed by atoms with Gasteiger partial charge in [-0.05, 0) is 12.0 Å². The molecule has 1 heterocycles. The number of hydrogen-bond donors (Lipinski definition) is 0. The van der Waals surface area contributed by atoms with Crippen LogP contribution in [0.25, 0.3) is 0 Å². The van der Waals surface area contributed by atoms with Crippen LogP contribution in [0.15, 0.2) is 30.3 Å². The number of unbranched alkanes of at least 4 members (excludes halogenated alkanes) is 1. The molecule has 4 nitrogen and oxygen atoms in total. The maximum absolute atomic E-state index is 12.2. The van der Waals surface area contributed by atoms with Gasteiger partial charge in [-0.3, -0.25) is 0 Å². The Balaban J connectivity index is 2.18. The summed E-state index contributed by atoms with van der Waals surface area (Å²) in [6.45, 7) is 2.90. The van der Waals surface area contributed by atoms with Gasteiger partial charge >= 0.3 is 0 Å². The van der Waals surface area contributed by atoms with Gasteiger partial charge in [0.25, 0.3) is 0 Å². The molecule has 0 amide bonds. The molecule has 0 saturated carbocycles. The van der Waals surface area contributed by atoms with Crippen molar-refractivity contribution in [3.63, 3.8) is 0 Å². The maximum atomic E-state index is 12.2. The van der Waals surface area contributed by atoms with E-state index in [-0.39, 0.29) is 5.75 Å². The molecular weight excluding hydrogens is 250 g/mol. The normalized spacial score (nSPS) is 21.3. The van der Waals surface area contributed by atoms with Crippen molar-refractivity contribution in [3.8, 4) is 0 Å². The summed E-state index contributed by atoms with van der Waals surface area (Å²) in [5, 5.41) is 0. The molecule has 0 bridgehead atoms. The molecule has 2 rings (SSSR count). The first-order chi connectivity index (χ1) is 8.65. The first-order valence-corrected chi connectivity index (χ1v) is 7.92. The highest BCUT2D eigenvalue weighted by Crippen LogP contribution is 2.29. The van der Waals surface area contributed by atoms with Crippen LogP contribution in [0, 0.1) is 0 Å². The van der Waals surface area contributed by atoms with E-state index in [1.807, 2.05) is 37.3 Å². The zero-order chi connectivity index (χ0) is 13.0. The van der Waals surface area contributed by atoms with Crippen molar-refractivity contribution in [3.05, 3.63) is 35.9 Å². The molecule has 0 spiro atoms. The van der Waals surface area contributed by atoms with Gasteiger partial charge in [0.15, 0.2) is 0 Å². The number of benzene rings is 1. The minimum Gasteiger partial charge on any atom is -0.356 e. The lowest BCUT2D eigenvalue weighted by molar-refractivity contribution is 0.0683. The highest BCUT2D eigenvalue weighted by Gasteiger charge is 2.35. The molecule has 0 aromatic heterocycles. The van der Waals surface area contributed by atoms with E-state index in [1.165, 1.54) is 4.31 Å². The van der Waals surface area contributed by atoms with Crippen molar-refractivity contribution < 1.29 is 13.2 Å². The fourth-order valence-corrected chi connectivity index (χ4v) is 3.78. The zero-order valence-corrected chi connectivity index (χ0v) is 11.4. The summed E-state index contributed by atoms with van der Waals surface area (Å²) in [6, 6.07) is 9.51. The molecule has 1 aliphatic heterocycles. The molecule has 0 aliphatic carbocycles. The van der Waals surface area contributed by atoms with Crippen molar-refractivity contribution in [1.82, 2.24) is 4.31 Å². The van der Waals surface area contributed by atoms with E-state index in [1.54, 1.807) is 0 Å². The Morgan fingerprint density at radius 1 is 1.33 bits per heavy atom. The summed E-state index contributed by atoms with van der Waals surface area (Å²) in [7, 11) is -3.21. The monoisotopic (exact) mass is 269 g/mol. The van der Waals surface area contributed by atoms with E-state index >= 15 is 0 Å². The fourth-order valence-electron chi connectivity index (χ4n) is 2.06. The lowest BCUT2D eigenvalue weighted by Gasteiger charge is -2.22. The number of sulfonamides is 1. The molecular formula is C13H19NO3S. The van der Waals surface area contributed by atoms with Gasteiger partial charge < -0.3 is 4.74 Å². The van der Waals surface area contributed by atoms with Crippen LogP contribution in [0.1, 0.15) is 31.6 Å². The van der Waals surface area contributed by atoms with E-state index in [9.17, 15) is 8.42 Å². The maximum Gasteiger partial charge on any atom is 0.216 e. The quantitative estimate of drug-likeness (QED) is 0.823. The van der Waals surface area contributed by atoms with Gasteiger partial charge in [-0.25, -0.2) is 8.42 Å². The number of nitrogens with zero attached hydrogens (tertiary/aromatic N) is 1. The molecule has 100 valence electrons. The standard InChI is InChI=1S/C13H19NO3S/c1-2-3-11-18(15,16)14-9-10-17-13(14)12-7-5-4-6-8-12/h4-8,13H,2-3,9-11H2,1H3. The zero-order valence-electron chi connectivity index (χ0n) is 10.6. The SMILES string of the molecule is CCCCS(=O)(=O)N1CCOC1c1ccccc1. The van der Waals surface area contributed by atoms with Crippen molar-refractivity contribution in [2.75, 3.05) is 18.9 Å². The van der Waals surface area contributed by atoms with Crippen LogP contribution >= 0.6 is 0 Å². The summed E-state index contributed by atoms with van der Waals surface area (Å²) in [4.78, 5) is 0. The molecule has 18 heavy (non-hydrogen) atoms. The van der Waals surface area contributed by atoms with Crippen LogP contribution in [-0.2, 0) is 14.8 Å². The van der Waals surface area contributed by atoms with Crippen LogP contribution in [0.4, 0.5) is 0 Å². The molecule has 1 aromatic rings. The van der Waals surface area contributed by atoms with Gasteiger partial charge in [0.2, 0.25) is 10.0 Å². The summed E-state index contributed by atoms with van der Waals surface area (Å²) < 4.78 is 31.5. The Bertz CT molecular complexity index is 472. The Morgan fingerprint density at radius 2 is 2.06 bits per heavy atom. The molecule has 1 saturated heterocycles. The van der Waals surface area contributed by atoms with Gasteiger partial charge in [-0.1, -0.05) is 43.7 Å². The molecule has 1 unspecified atom stereocenters. The van der Waals surface area contributed by atoms with Gasteiger partial charge in [-0.15, -0.1) is 0 Å². The van der Waals surface area contributed by atoms with Crippen LogP contribution < -0.4 is 0 Å². The third kappa shape index (κ3) is 2.91. The van der Waals surface area contributed by atoms with Gasteiger partial charge in [0, 0.05) is 6.54 Å². The highest BCUT2D eigenvalue weighted by atomic mass is 32.2. The average molecular weight is 269 g/mol. The summed E-state index contributed by atoms with van der Waals surface area (Å²) in [5.74, 6) is 0.205. The predicted octanol–water partition coefficient (Wildman–Crippen LogP) is 2.15. The predicted molar refractivity (Wildman–Crippen MR) is 70.5 cm³/mol. The van der Waals surface area contributed by atoms with Crippen LogP contribution in [0.2, 0.25) is 0 Å². The molecule has 1 aromatic carbocycles. The second kappa shape index (κ2) is 5.82. The molecule has 5 heteroatoms. The smallest absolute Gasteiger partial charge is 0.216 e. The fraction of sp³-hybridized carbons (Fsp3) is 0.538. The van der Waals surface area contributed by atoms with E-state index in [2.05, 4.69) is 0 Å². The van der Waals surface area contributed by atoms with E-state index in [0.717, 1.165) is 12.0 Å². The Kier molecular flexibility index (Phi) is 4.37. The van der Waals surface area contributed by atoms with Crippen LogP contribution in [0.5, 0.6) is 0 Å². The van der Waals surface area contributed by atoms with Crippen LogP contribution in [-0.4, -0.2) is 31.6 Å². The molecule has 1 aliphatic rings. The second-order valence-corrected chi connectivity index (χ2v) is 6.46. The number of hydrogen-bond acceptors (Lipinski definition) is 3. The number of ether oxygens (including phenoxy) is 1. The minimum atomic E-state index is -3.21. The van der Waals surface area contributed by atoms with Gasteiger partial charge in [0.1, 0.15) is 6.23 Å². The van der Waals surface area contributed by atoms with E-state index < -0.39 is 16.3 Å². The third-order valence-electron chi connectivity index (χ3n) is 3.05. The Labute approximate surface area is 109 Å². The summed E-state index contributed by atoms with van der Waals surface area (Å²) >= 11 is 0. The summed E-state index contributed by atoms with van der Waals surface area (Å²) in [6.07, 6.45) is 1.12. The van der Waals surface area contributed by atoms with Crippen molar-refractivity contribution in [1.29, 1.82) is 0 Å². The first-order valence-electron chi connectivity index (χ1n) is 6.31. The van der Waals surface area contributed by atoms with Gasteiger partial charge in [-0.2, -0.15) is 4.31 Å². The lowest BCUT2D eigenvalue weighted by Crippen LogP contribution is -2.33. The minimum absolute atomic E-state index is 0.205. The topological polar surface area (TPSA) is 46.6 Å². The molecule has 0 radical (unpaired) electrons. The van der Waals surface area contributed by atoms with Crippen molar-refractivity contribution in [2.45, 2.75) is 26.0 Å². The number of rotatable bonds is 5. The third-order valence-corrected chi connectivity index (χ3v) is 4.94. The molecule has 1 atom stereocenters. The first kappa shape index (κ1) is 13.5. The van der Waals surface area contributed by atoms with Crippen molar-refractivity contribution >= 4 is 10.0 Å². The lowest BCUT2D eigenvalue weighted by atomic mass is 10.2.